The lowest BCUT2D eigenvalue weighted by atomic mass is 9.96. The third kappa shape index (κ3) is 5.54. The summed E-state index contributed by atoms with van der Waals surface area (Å²) in [6.45, 7) is 3.03. The van der Waals surface area contributed by atoms with Crippen LogP contribution in [0.3, 0.4) is 0 Å². The van der Waals surface area contributed by atoms with E-state index in [9.17, 15) is 29.4 Å². The number of hydrogen-bond acceptors (Lipinski definition) is 9. The average molecular weight is 511 g/mol. The van der Waals surface area contributed by atoms with Gasteiger partial charge in [0, 0.05) is 29.9 Å². The van der Waals surface area contributed by atoms with Crippen LogP contribution in [0.2, 0.25) is 0 Å². The summed E-state index contributed by atoms with van der Waals surface area (Å²) in [6, 6.07) is 0. The largest absolute Gasteiger partial charge is 0.394 e. The van der Waals surface area contributed by atoms with Crippen molar-refractivity contribution < 1.29 is 19.7 Å². The Hall–Kier alpha value is -2.45. The zero-order valence-corrected chi connectivity index (χ0v) is 20.3. The Bertz CT molecular complexity index is 1280. The van der Waals surface area contributed by atoms with Gasteiger partial charge in [0.1, 0.15) is 17.9 Å². The van der Waals surface area contributed by atoms with Gasteiger partial charge in [0.25, 0.3) is 11.1 Å². The highest BCUT2D eigenvalue weighted by molar-refractivity contribution is 7.99. The molecule has 192 valence electrons. The minimum Gasteiger partial charge on any atom is -0.394 e. The summed E-state index contributed by atoms with van der Waals surface area (Å²) in [7, 11) is 0. The number of aryl methyl sites for hydroxylation is 2. The topological polar surface area (TPSA) is 169 Å². The summed E-state index contributed by atoms with van der Waals surface area (Å²) in [4.78, 5) is 52.0. The van der Waals surface area contributed by atoms with Gasteiger partial charge in [-0.25, -0.2) is 9.59 Å². The molecule has 2 aromatic heterocycles. The van der Waals surface area contributed by atoms with Crippen LogP contribution >= 0.6 is 11.8 Å². The second kappa shape index (κ2) is 10.7. The van der Waals surface area contributed by atoms with Crippen LogP contribution < -0.4 is 22.5 Å². The van der Waals surface area contributed by atoms with Gasteiger partial charge in [-0.15, -0.1) is 11.8 Å². The minimum atomic E-state index is -0.760. The van der Waals surface area contributed by atoms with Crippen LogP contribution in [0, 0.1) is 19.8 Å². The van der Waals surface area contributed by atoms with Crippen LogP contribution in [0.25, 0.3) is 0 Å². The predicted octanol–water partition coefficient (Wildman–Crippen LogP) is -0.281. The lowest BCUT2D eigenvalue weighted by Crippen LogP contribution is -2.33. The maximum Gasteiger partial charge on any atom is 0.330 e. The minimum absolute atomic E-state index is 0.0228. The van der Waals surface area contributed by atoms with Crippen LogP contribution in [0.1, 0.15) is 49.3 Å². The first-order valence-electron chi connectivity index (χ1n) is 11.5. The van der Waals surface area contributed by atoms with E-state index in [2.05, 4.69) is 9.97 Å². The van der Waals surface area contributed by atoms with Crippen molar-refractivity contribution in [2.24, 2.45) is 5.92 Å². The number of aliphatic hydroxyl groups is 2. The van der Waals surface area contributed by atoms with Gasteiger partial charge in [-0.2, -0.15) is 0 Å². The Kier molecular flexibility index (Phi) is 7.81. The van der Waals surface area contributed by atoms with Gasteiger partial charge < -0.3 is 19.7 Å². The lowest BCUT2D eigenvalue weighted by Gasteiger charge is -2.17. The van der Waals surface area contributed by atoms with Crippen molar-refractivity contribution in [3.63, 3.8) is 0 Å². The Morgan fingerprint density at radius 3 is 2.11 bits per heavy atom. The van der Waals surface area contributed by atoms with Crippen molar-refractivity contribution in [3.8, 4) is 0 Å². The first-order valence-corrected chi connectivity index (χ1v) is 12.6. The average Bonchev–Trinajstić information content (AvgIpc) is 3.39. The van der Waals surface area contributed by atoms with Crippen molar-refractivity contribution >= 4 is 11.8 Å². The molecule has 6 atom stereocenters. The van der Waals surface area contributed by atoms with E-state index in [1.165, 1.54) is 33.3 Å². The van der Waals surface area contributed by atoms with Crippen molar-refractivity contribution in [2.45, 2.75) is 69.6 Å². The smallest absolute Gasteiger partial charge is 0.330 e. The number of nitrogens with one attached hydrogen (secondary N) is 2. The molecule has 0 bridgehead atoms. The van der Waals surface area contributed by atoms with E-state index in [1.54, 1.807) is 13.8 Å². The molecule has 4 heterocycles. The Morgan fingerprint density at radius 1 is 0.971 bits per heavy atom. The first kappa shape index (κ1) is 25.6. The normalized spacial score (nSPS) is 28.6. The summed E-state index contributed by atoms with van der Waals surface area (Å²) >= 11 is 1.44. The monoisotopic (exact) mass is 510 g/mol. The molecule has 0 amide bonds. The Balaban J connectivity index is 1.30. The summed E-state index contributed by atoms with van der Waals surface area (Å²) in [5.74, 6) is 0.694. The van der Waals surface area contributed by atoms with E-state index in [-0.39, 0.29) is 18.9 Å². The fourth-order valence-electron chi connectivity index (χ4n) is 4.55. The molecule has 12 nitrogen and oxygen atoms in total. The van der Waals surface area contributed by atoms with E-state index < -0.39 is 52.6 Å². The fourth-order valence-corrected chi connectivity index (χ4v) is 5.65. The van der Waals surface area contributed by atoms with Gasteiger partial charge in [-0.1, -0.05) is 0 Å². The van der Waals surface area contributed by atoms with Crippen LogP contribution in [0.15, 0.2) is 31.6 Å². The molecule has 2 aromatic rings. The molecule has 2 aliphatic heterocycles. The number of thioether (sulfide) groups is 1. The van der Waals surface area contributed by atoms with Gasteiger partial charge in [0.05, 0.1) is 18.8 Å². The summed E-state index contributed by atoms with van der Waals surface area (Å²) in [5.41, 5.74) is -1.73. The number of hydrogen-bond donors (Lipinski definition) is 4. The van der Waals surface area contributed by atoms with E-state index in [1.807, 2.05) is 0 Å². The van der Waals surface area contributed by atoms with Crippen LogP contribution in [-0.2, 0) is 9.47 Å². The molecule has 0 radical (unpaired) electrons. The molecule has 2 fully saturated rings. The molecule has 0 aromatic carbocycles. The number of aromatic nitrogens is 4. The zero-order chi connectivity index (χ0) is 25.3. The Morgan fingerprint density at radius 2 is 1.54 bits per heavy atom. The zero-order valence-electron chi connectivity index (χ0n) is 19.5. The molecule has 35 heavy (non-hydrogen) atoms. The van der Waals surface area contributed by atoms with Crippen molar-refractivity contribution in [1.82, 2.24) is 19.1 Å². The first-order chi connectivity index (χ1) is 16.7. The molecule has 4 unspecified atom stereocenters. The molecule has 0 aliphatic carbocycles. The van der Waals surface area contributed by atoms with Crippen molar-refractivity contribution in [3.05, 3.63) is 65.2 Å². The number of aromatic amines is 2. The number of rotatable bonds is 8. The Labute approximate surface area is 203 Å². The quantitative estimate of drug-likeness (QED) is 0.349. The molecule has 2 aliphatic rings. The van der Waals surface area contributed by atoms with Crippen LogP contribution in [0.5, 0.6) is 0 Å². The fraction of sp³-hybridized carbons (Fsp3) is 0.636. The van der Waals surface area contributed by atoms with Gasteiger partial charge in [0.2, 0.25) is 0 Å². The molecule has 0 spiro atoms. The van der Waals surface area contributed by atoms with Crippen LogP contribution in [-0.4, -0.2) is 59.3 Å². The van der Waals surface area contributed by atoms with Crippen molar-refractivity contribution in [1.29, 1.82) is 0 Å². The van der Waals surface area contributed by atoms with E-state index in [0.717, 1.165) is 12.8 Å². The maximum absolute atomic E-state index is 12.2. The maximum atomic E-state index is 12.2. The summed E-state index contributed by atoms with van der Waals surface area (Å²) < 4.78 is 14.4. The van der Waals surface area contributed by atoms with Crippen LogP contribution in [0.4, 0.5) is 0 Å². The molecular formula is C22H30N4O8S. The third-order valence-corrected chi connectivity index (χ3v) is 7.78. The number of aliphatic hydroxyl groups excluding tert-OH is 2. The third-order valence-electron chi connectivity index (χ3n) is 6.50. The number of H-pyrrole nitrogens is 2. The van der Waals surface area contributed by atoms with Gasteiger partial charge in [-0.05, 0) is 44.8 Å². The highest BCUT2D eigenvalue weighted by Crippen LogP contribution is 2.37. The molecule has 13 heteroatoms. The summed E-state index contributed by atoms with van der Waals surface area (Å²) in [5, 5.41) is 20.2. The molecular weight excluding hydrogens is 480 g/mol. The van der Waals surface area contributed by atoms with Gasteiger partial charge in [0.15, 0.2) is 0 Å². The number of nitrogens with zero attached hydrogens (tertiary/aromatic N) is 2. The number of ether oxygens (including phenoxy) is 2. The van der Waals surface area contributed by atoms with E-state index in [4.69, 9.17) is 9.47 Å². The van der Waals surface area contributed by atoms with Crippen molar-refractivity contribution in [2.75, 3.05) is 12.4 Å². The molecule has 0 saturated carbocycles. The second-order valence-corrected chi connectivity index (χ2v) is 10.2. The lowest BCUT2D eigenvalue weighted by molar-refractivity contribution is -0.0332. The highest BCUT2D eigenvalue weighted by atomic mass is 32.2. The molecule has 2 saturated heterocycles. The van der Waals surface area contributed by atoms with Gasteiger partial charge in [-0.3, -0.25) is 28.7 Å². The van der Waals surface area contributed by atoms with E-state index in [0.29, 0.717) is 23.3 Å². The second-order valence-electron chi connectivity index (χ2n) is 9.04. The van der Waals surface area contributed by atoms with E-state index >= 15 is 0 Å². The van der Waals surface area contributed by atoms with Gasteiger partial charge >= 0.3 is 11.4 Å². The summed E-state index contributed by atoms with van der Waals surface area (Å²) in [6.07, 6.45) is 2.77. The highest BCUT2D eigenvalue weighted by Gasteiger charge is 2.37. The standard InChI is InChI=1S/C22H30N4O8S/c1-11-8-25(21(31)23-18(11)29)16-6-13(15(10-27)33-16)4-3-5-35-20-14(28)7-17(34-20)26-9-12(2)19(30)24-22(26)32/h8-9,13-17,20,27-28H,3-7,10H2,1-2H3,(H,23,29,31)(H,24,30,32)/t13?,14?,15-,16-,17?,20?/m1/s1. The molecule has 4 rings (SSSR count). The SMILES string of the molecule is Cc1cn(C2CC(O)C(SCCCC3C[C@H](n4cc(C)c(=O)[nH]c4=O)O[C@@H]3CO)O2)c(=O)[nH]c1=O. The molecule has 4 N–H and O–H groups in total. The predicted molar refractivity (Wildman–Crippen MR) is 127 cm³/mol.